The molecule has 0 bridgehead atoms. The highest BCUT2D eigenvalue weighted by Crippen LogP contribution is 2.68. The molecule has 4 saturated carbocycles. The van der Waals surface area contributed by atoms with Crippen molar-refractivity contribution in [1.29, 1.82) is 0 Å². The van der Waals surface area contributed by atoms with Crippen molar-refractivity contribution in [2.75, 3.05) is 0 Å². The molecule has 160 valence electrons. The Bertz CT molecular complexity index is 605. The summed E-state index contributed by atoms with van der Waals surface area (Å²) in [6.07, 6.45) is 9.26. The first-order valence-corrected chi connectivity index (χ1v) is 11.8. The van der Waals surface area contributed by atoms with Crippen LogP contribution < -0.4 is 0 Å². The van der Waals surface area contributed by atoms with Gasteiger partial charge in [0.1, 0.15) is 0 Å². The minimum Gasteiger partial charge on any atom is -0.481 e. The molecule has 0 aromatic carbocycles. The molecule has 4 heteroatoms. The van der Waals surface area contributed by atoms with Gasteiger partial charge in [-0.15, -0.1) is 0 Å². The number of aliphatic carboxylic acids is 1. The van der Waals surface area contributed by atoms with Crippen LogP contribution in [0, 0.1) is 46.3 Å². The molecular weight excluding hydrogens is 352 g/mol. The van der Waals surface area contributed by atoms with Gasteiger partial charge in [0.2, 0.25) is 0 Å². The zero-order chi connectivity index (χ0) is 20.3. The van der Waals surface area contributed by atoms with Gasteiger partial charge < -0.3 is 15.3 Å². The number of aliphatic hydroxyl groups is 2. The Morgan fingerprint density at radius 1 is 1.04 bits per heavy atom. The van der Waals surface area contributed by atoms with Crippen LogP contribution in [-0.4, -0.2) is 33.5 Å². The molecule has 0 heterocycles. The van der Waals surface area contributed by atoms with E-state index in [1.165, 1.54) is 19.3 Å². The molecule has 10 atom stereocenters. The number of hydrogen-bond acceptors (Lipinski definition) is 3. The molecule has 0 radical (unpaired) electrons. The van der Waals surface area contributed by atoms with Crippen LogP contribution in [0.5, 0.6) is 0 Å². The van der Waals surface area contributed by atoms with E-state index in [4.69, 9.17) is 5.11 Å². The summed E-state index contributed by atoms with van der Waals surface area (Å²) in [4.78, 5) is 11.1. The first-order valence-electron chi connectivity index (χ1n) is 11.8. The lowest BCUT2D eigenvalue weighted by atomic mass is 9.43. The van der Waals surface area contributed by atoms with E-state index in [2.05, 4.69) is 20.8 Å². The Morgan fingerprint density at radius 3 is 2.50 bits per heavy atom. The van der Waals surface area contributed by atoms with E-state index in [9.17, 15) is 15.0 Å². The number of carboxylic acid groups (broad SMARTS) is 1. The van der Waals surface area contributed by atoms with Crippen LogP contribution in [0.1, 0.15) is 85.0 Å². The van der Waals surface area contributed by atoms with E-state index in [1.807, 2.05) is 0 Å². The fraction of sp³-hybridized carbons (Fsp3) is 0.958. The van der Waals surface area contributed by atoms with Gasteiger partial charge in [-0.25, -0.2) is 0 Å². The smallest absolute Gasteiger partial charge is 0.303 e. The number of aliphatic hydroxyl groups excluding tert-OH is 2. The van der Waals surface area contributed by atoms with Gasteiger partial charge in [0, 0.05) is 6.42 Å². The zero-order valence-electron chi connectivity index (χ0n) is 17.9. The van der Waals surface area contributed by atoms with Gasteiger partial charge in [-0.2, -0.15) is 0 Å². The number of carbonyl (C=O) groups is 1. The minimum absolute atomic E-state index is 0.0591. The van der Waals surface area contributed by atoms with Gasteiger partial charge in [-0.1, -0.05) is 20.8 Å². The monoisotopic (exact) mass is 392 g/mol. The lowest BCUT2D eigenvalue weighted by Crippen LogP contribution is -2.58. The van der Waals surface area contributed by atoms with E-state index in [0.717, 1.165) is 38.5 Å². The van der Waals surface area contributed by atoms with E-state index >= 15 is 0 Å². The number of fused-ring (bicyclic) bond motifs is 5. The van der Waals surface area contributed by atoms with Crippen LogP contribution in [0.4, 0.5) is 0 Å². The average molecular weight is 393 g/mol. The molecule has 0 aromatic heterocycles. The number of carboxylic acids is 1. The van der Waals surface area contributed by atoms with Crippen molar-refractivity contribution in [3.63, 3.8) is 0 Å². The van der Waals surface area contributed by atoms with Gasteiger partial charge in [-0.3, -0.25) is 4.79 Å². The third-order valence-corrected chi connectivity index (χ3v) is 10.3. The van der Waals surface area contributed by atoms with E-state index in [0.29, 0.717) is 35.5 Å². The lowest BCUT2D eigenvalue weighted by molar-refractivity contribution is -0.175. The standard InChI is InChI=1S/C24H40O4/c1-14(4-9-22(27)28)18-7-8-19-17-6-5-15-12-16(25)10-11-23(15,2)20(17)13-21(26)24(18,19)3/h14-21,25-26H,4-13H2,1-3H3,(H,27,28)/t14-,15-,16-,17+,18-,19+,20+,21?,23+,24-/m1/s1. The van der Waals surface area contributed by atoms with Crippen molar-refractivity contribution < 1.29 is 20.1 Å². The molecular formula is C24H40O4. The maximum absolute atomic E-state index is 11.5. The normalized spacial score (nSPS) is 51.7. The summed E-state index contributed by atoms with van der Waals surface area (Å²) in [7, 11) is 0. The summed E-state index contributed by atoms with van der Waals surface area (Å²) in [5.74, 6) is 2.55. The Hall–Kier alpha value is -0.610. The fourth-order valence-electron chi connectivity index (χ4n) is 8.71. The van der Waals surface area contributed by atoms with Gasteiger partial charge >= 0.3 is 5.97 Å². The number of rotatable bonds is 4. The highest BCUT2D eigenvalue weighted by molar-refractivity contribution is 5.66. The van der Waals surface area contributed by atoms with Crippen molar-refractivity contribution in [3.8, 4) is 0 Å². The number of hydrogen-bond donors (Lipinski definition) is 3. The predicted molar refractivity (Wildman–Crippen MR) is 109 cm³/mol. The van der Waals surface area contributed by atoms with Crippen molar-refractivity contribution >= 4 is 5.97 Å². The van der Waals surface area contributed by atoms with Crippen molar-refractivity contribution in [2.45, 2.75) is 97.2 Å². The highest BCUT2D eigenvalue weighted by Gasteiger charge is 2.63. The molecule has 4 nitrogen and oxygen atoms in total. The second kappa shape index (κ2) is 7.27. The van der Waals surface area contributed by atoms with E-state index in [-0.39, 0.29) is 29.5 Å². The van der Waals surface area contributed by atoms with E-state index < -0.39 is 5.97 Å². The van der Waals surface area contributed by atoms with Gasteiger partial charge in [-0.05, 0) is 104 Å². The maximum atomic E-state index is 11.5. The molecule has 4 fully saturated rings. The second-order valence-corrected chi connectivity index (χ2v) is 11.3. The van der Waals surface area contributed by atoms with Gasteiger partial charge in [0.15, 0.2) is 0 Å². The Morgan fingerprint density at radius 2 is 1.79 bits per heavy atom. The predicted octanol–water partition coefficient (Wildman–Crippen LogP) is 4.48. The zero-order valence-corrected chi connectivity index (χ0v) is 17.9. The molecule has 0 aliphatic heterocycles. The fourth-order valence-corrected chi connectivity index (χ4v) is 8.71. The summed E-state index contributed by atoms with van der Waals surface area (Å²) in [5, 5.41) is 30.8. The largest absolute Gasteiger partial charge is 0.481 e. The third-order valence-electron chi connectivity index (χ3n) is 10.3. The molecule has 4 aliphatic carbocycles. The molecule has 0 amide bonds. The molecule has 0 saturated heterocycles. The first-order chi connectivity index (χ1) is 13.2. The van der Waals surface area contributed by atoms with Crippen LogP contribution in [0.15, 0.2) is 0 Å². The van der Waals surface area contributed by atoms with Crippen molar-refractivity contribution in [1.82, 2.24) is 0 Å². The summed E-state index contributed by atoms with van der Waals surface area (Å²) in [6.45, 7) is 6.99. The molecule has 3 N–H and O–H groups in total. The second-order valence-electron chi connectivity index (χ2n) is 11.3. The molecule has 28 heavy (non-hydrogen) atoms. The summed E-state index contributed by atoms with van der Waals surface area (Å²) in [6, 6.07) is 0. The quantitative estimate of drug-likeness (QED) is 0.659. The molecule has 4 rings (SSSR count). The molecule has 1 unspecified atom stereocenters. The molecule has 0 spiro atoms. The Labute approximate surface area is 170 Å². The van der Waals surface area contributed by atoms with Crippen LogP contribution in [0.25, 0.3) is 0 Å². The Balaban J connectivity index is 1.56. The highest BCUT2D eigenvalue weighted by atomic mass is 16.4. The van der Waals surface area contributed by atoms with Crippen LogP contribution in [-0.2, 0) is 4.79 Å². The summed E-state index contributed by atoms with van der Waals surface area (Å²) in [5.41, 5.74) is 0.216. The summed E-state index contributed by atoms with van der Waals surface area (Å²) < 4.78 is 0. The van der Waals surface area contributed by atoms with Crippen molar-refractivity contribution in [2.24, 2.45) is 46.3 Å². The Kier molecular flexibility index (Phi) is 5.36. The van der Waals surface area contributed by atoms with Crippen LogP contribution in [0.3, 0.4) is 0 Å². The lowest BCUT2D eigenvalue weighted by Gasteiger charge is -2.62. The van der Waals surface area contributed by atoms with Crippen LogP contribution >= 0.6 is 0 Å². The minimum atomic E-state index is -0.707. The van der Waals surface area contributed by atoms with E-state index in [1.54, 1.807) is 0 Å². The first kappa shape index (κ1) is 20.7. The van der Waals surface area contributed by atoms with Crippen LogP contribution in [0.2, 0.25) is 0 Å². The van der Waals surface area contributed by atoms with Crippen molar-refractivity contribution in [3.05, 3.63) is 0 Å². The SMILES string of the molecule is C[C@H](CCC(=O)O)[C@H]1CC[C@H]2[C@@H]3CC[C@@H]4C[C@H](O)CC[C@]4(C)[C@H]3CC(O)[C@]12C. The molecule has 0 aromatic rings. The molecule has 4 aliphatic rings. The van der Waals surface area contributed by atoms with Gasteiger partial charge in [0.25, 0.3) is 0 Å². The topological polar surface area (TPSA) is 77.8 Å². The average Bonchev–Trinajstić information content (AvgIpc) is 3.00. The third kappa shape index (κ3) is 3.05. The maximum Gasteiger partial charge on any atom is 0.303 e. The van der Waals surface area contributed by atoms with Gasteiger partial charge in [0.05, 0.1) is 12.2 Å². The summed E-state index contributed by atoms with van der Waals surface area (Å²) >= 11 is 0.